The summed E-state index contributed by atoms with van der Waals surface area (Å²) in [5, 5.41) is 9.48. The Kier molecular flexibility index (Phi) is 5.75. The Morgan fingerprint density at radius 3 is 2.91 bits per heavy atom. The number of rotatable bonds is 5. The molecule has 0 fully saturated rings. The van der Waals surface area contributed by atoms with Crippen LogP contribution in [0.3, 0.4) is 0 Å². The van der Waals surface area contributed by atoms with Crippen LogP contribution in [0.1, 0.15) is 10.5 Å². The van der Waals surface area contributed by atoms with Crippen molar-refractivity contribution in [3.63, 3.8) is 0 Å². The number of benzene rings is 1. The van der Waals surface area contributed by atoms with Crippen molar-refractivity contribution >= 4 is 40.7 Å². The lowest BCUT2D eigenvalue weighted by Crippen LogP contribution is -2.56. The van der Waals surface area contributed by atoms with Gasteiger partial charge in [0, 0.05) is 23.0 Å². The molecule has 4 heterocycles. The number of carbonyl (C=O) groups excluding carboxylic acids is 1. The van der Waals surface area contributed by atoms with Gasteiger partial charge in [0.2, 0.25) is 0 Å². The van der Waals surface area contributed by atoms with Gasteiger partial charge in [-0.3, -0.25) is 20.6 Å². The highest BCUT2D eigenvalue weighted by Gasteiger charge is 2.30. The van der Waals surface area contributed by atoms with Crippen molar-refractivity contribution in [2.45, 2.75) is 6.17 Å². The molecule has 0 radical (unpaired) electrons. The third-order valence-corrected chi connectivity index (χ3v) is 5.25. The highest BCUT2D eigenvalue weighted by atomic mass is 35.5. The first kappa shape index (κ1) is 21.3. The van der Waals surface area contributed by atoms with Crippen molar-refractivity contribution in [1.29, 1.82) is 0 Å². The summed E-state index contributed by atoms with van der Waals surface area (Å²) in [5.74, 6) is 0.850. The number of aliphatic imine (C=N–C) groups is 1. The van der Waals surface area contributed by atoms with Crippen LogP contribution in [0.2, 0.25) is 5.02 Å². The number of anilines is 1. The first-order chi connectivity index (χ1) is 16.6. The van der Waals surface area contributed by atoms with Crippen LogP contribution >= 0.6 is 11.6 Å². The molecule has 1 amide bonds. The van der Waals surface area contributed by atoms with Crippen LogP contribution in [-0.2, 0) is 0 Å². The topological polar surface area (TPSA) is 146 Å². The van der Waals surface area contributed by atoms with Crippen molar-refractivity contribution < 1.29 is 4.79 Å². The Morgan fingerprint density at radius 2 is 2.09 bits per heavy atom. The van der Waals surface area contributed by atoms with Crippen LogP contribution in [0.25, 0.3) is 11.3 Å². The smallest absolute Gasteiger partial charge is 0.273 e. The molecule has 0 bridgehead atoms. The van der Waals surface area contributed by atoms with Gasteiger partial charge in [-0.2, -0.15) is 5.10 Å². The zero-order valence-corrected chi connectivity index (χ0v) is 18.4. The van der Waals surface area contributed by atoms with E-state index in [1.165, 1.54) is 6.20 Å². The maximum Gasteiger partial charge on any atom is 0.273 e. The van der Waals surface area contributed by atoms with Crippen molar-refractivity contribution in [2.75, 3.05) is 12.3 Å². The molecule has 0 saturated carbocycles. The van der Waals surface area contributed by atoms with E-state index in [0.717, 1.165) is 5.56 Å². The van der Waals surface area contributed by atoms with Gasteiger partial charge in [-0.05, 0) is 42.5 Å². The van der Waals surface area contributed by atoms with Gasteiger partial charge in [-0.25, -0.2) is 20.0 Å². The minimum Gasteiger partial charge on any atom is -0.382 e. The summed E-state index contributed by atoms with van der Waals surface area (Å²) in [4.78, 5) is 29.9. The largest absolute Gasteiger partial charge is 0.382 e. The summed E-state index contributed by atoms with van der Waals surface area (Å²) in [6.45, 7) is 0.206. The molecule has 0 saturated heterocycles. The van der Waals surface area contributed by atoms with Crippen molar-refractivity contribution in [3.05, 3.63) is 77.9 Å². The molecule has 1 atom stereocenters. The number of fused-ring (bicyclic) bond motifs is 1. The van der Waals surface area contributed by atoms with Gasteiger partial charge in [0.05, 0.1) is 24.1 Å². The average molecular weight is 475 g/mol. The van der Waals surface area contributed by atoms with Gasteiger partial charge in [-0.1, -0.05) is 17.7 Å². The maximum atomic E-state index is 12.8. The summed E-state index contributed by atoms with van der Waals surface area (Å²) >= 11 is 6.04. The van der Waals surface area contributed by atoms with Gasteiger partial charge in [0.1, 0.15) is 5.84 Å². The molecule has 2 aliphatic heterocycles. The van der Waals surface area contributed by atoms with E-state index in [9.17, 15) is 4.79 Å². The number of nitrogens with zero attached hydrogens (tertiary/aromatic N) is 6. The normalized spacial score (nSPS) is 17.6. The number of hydrogen-bond acceptors (Lipinski definition) is 9. The number of nitrogens with one attached hydrogen (secondary N) is 3. The monoisotopic (exact) mass is 474 g/mol. The van der Waals surface area contributed by atoms with Crippen LogP contribution in [0, 0.1) is 0 Å². The summed E-state index contributed by atoms with van der Waals surface area (Å²) in [5.41, 5.74) is 14.2. The highest BCUT2D eigenvalue weighted by molar-refractivity contribution is 6.30. The van der Waals surface area contributed by atoms with E-state index in [0.29, 0.717) is 28.1 Å². The standard InChI is InChI=1S/C22H19ClN10O/c23-14-2-1-3-15(10-14)28-17-4-5-18-30-31-19(33(18)32-17)12-27-22(34)20-21(24)26-11-16(29-20)13-6-8-25-9-7-13/h1-11,19,31H,12H2,(H2,24,26)(H,27,34)(H,28,32). The molecule has 34 heavy (non-hydrogen) atoms. The second kappa shape index (κ2) is 9.16. The fourth-order valence-corrected chi connectivity index (χ4v) is 3.55. The van der Waals surface area contributed by atoms with E-state index in [-0.39, 0.29) is 24.2 Å². The van der Waals surface area contributed by atoms with Gasteiger partial charge in [0.15, 0.2) is 23.5 Å². The number of nitrogen functional groups attached to an aromatic ring is 1. The second-order valence-corrected chi connectivity index (χ2v) is 7.78. The van der Waals surface area contributed by atoms with Crippen molar-refractivity contribution in [3.8, 4) is 11.3 Å². The molecule has 2 aromatic heterocycles. The Balaban J connectivity index is 1.26. The number of aromatic nitrogens is 3. The Hall–Kier alpha value is -4.51. The van der Waals surface area contributed by atoms with E-state index in [1.807, 2.05) is 18.2 Å². The third kappa shape index (κ3) is 4.50. The first-order valence-corrected chi connectivity index (χ1v) is 10.7. The molecule has 1 unspecified atom stereocenters. The minimum atomic E-state index is -0.448. The minimum absolute atomic E-state index is 0.0431. The van der Waals surface area contributed by atoms with Crippen LogP contribution < -0.4 is 21.9 Å². The predicted molar refractivity (Wildman–Crippen MR) is 129 cm³/mol. The molecule has 2 aliphatic rings. The number of carbonyl (C=O) groups is 1. The molecule has 5 rings (SSSR count). The molecule has 0 spiro atoms. The third-order valence-electron chi connectivity index (χ3n) is 5.02. The Labute approximate surface area is 199 Å². The molecule has 5 N–H and O–H groups in total. The van der Waals surface area contributed by atoms with E-state index >= 15 is 0 Å². The Bertz CT molecular complexity index is 1320. The fourth-order valence-electron chi connectivity index (χ4n) is 3.36. The molecular weight excluding hydrogens is 456 g/mol. The lowest BCUT2D eigenvalue weighted by atomic mass is 10.2. The van der Waals surface area contributed by atoms with Crippen LogP contribution in [-0.4, -0.2) is 50.2 Å². The zero-order chi connectivity index (χ0) is 23.5. The number of pyridine rings is 1. The number of hydrazine groups is 1. The number of amides is 1. The van der Waals surface area contributed by atoms with Crippen LogP contribution in [0.4, 0.5) is 11.5 Å². The molecule has 0 aliphatic carbocycles. The quantitative estimate of drug-likeness (QED) is 0.438. The highest BCUT2D eigenvalue weighted by Crippen LogP contribution is 2.20. The zero-order valence-electron chi connectivity index (χ0n) is 17.7. The van der Waals surface area contributed by atoms with E-state index < -0.39 is 5.91 Å². The molecule has 3 aromatic rings. The summed E-state index contributed by atoms with van der Waals surface area (Å²) < 4.78 is 0. The Morgan fingerprint density at radius 1 is 1.24 bits per heavy atom. The van der Waals surface area contributed by atoms with E-state index in [4.69, 9.17) is 17.3 Å². The number of halogens is 1. The van der Waals surface area contributed by atoms with Crippen molar-refractivity contribution in [2.24, 2.45) is 10.1 Å². The molecule has 170 valence electrons. The number of hydrogen-bond donors (Lipinski definition) is 4. The predicted octanol–water partition coefficient (Wildman–Crippen LogP) is 1.85. The number of hydrazone groups is 1. The SMILES string of the molecule is Nc1ncc(-c2ccncc2)nc1C(=O)NCC1NN=C2C=CC(=Nc3cccc(Cl)c3)NN21. The van der Waals surface area contributed by atoms with E-state index in [1.54, 1.807) is 47.7 Å². The first-order valence-electron chi connectivity index (χ1n) is 10.3. The van der Waals surface area contributed by atoms with Gasteiger partial charge < -0.3 is 11.1 Å². The average Bonchev–Trinajstić information content (AvgIpc) is 3.25. The summed E-state index contributed by atoms with van der Waals surface area (Å²) in [6, 6.07) is 10.8. The van der Waals surface area contributed by atoms with Crippen LogP contribution in [0.15, 0.2) is 77.2 Å². The summed E-state index contributed by atoms with van der Waals surface area (Å²) in [6.07, 6.45) is 8.05. The summed E-state index contributed by atoms with van der Waals surface area (Å²) in [7, 11) is 0. The lowest BCUT2D eigenvalue weighted by Gasteiger charge is -2.29. The molecular formula is C22H19ClN10O. The number of amidine groups is 2. The fraction of sp³-hybridized carbons (Fsp3) is 0.0909. The molecule has 1 aromatic carbocycles. The van der Waals surface area contributed by atoms with Crippen molar-refractivity contribution in [1.82, 2.24) is 36.1 Å². The lowest BCUT2D eigenvalue weighted by molar-refractivity contribution is 0.0935. The molecule has 11 nitrogen and oxygen atoms in total. The van der Waals surface area contributed by atoms with E-state index in [2.05, 4.69) is 41.2 Å². The maximum absolute atomic E-state index is 12.8. The van der Waals surface area contributed by atoms with Gasteiger partial charge in [0.25, 0.3) is 5.91 Å². The van der Waals surface area contributed by atoms with Gasteiger partial charge in [-0.15, -0.1) is 0 Å². The second-order valence-electron chi connectivity index (χ2n) is 7.34. The number of nitrogens with two attached hydrogens (primary N) is 1. The van der Waals surface area contributed by atoms with Gasteiger partial charge >= 0.3 is 0 Å². The molecule has 12 heteroatoms. The van der Waals surface area contributed by atoms with Crippen LogP contribution in [0.5, 0.6) is 0 Å².